The van der Waals surface area contributed by atoms with Crippen molar-refractivity contribution in [2.24, 2.45) is 0 Å². The van der Waals surface area contributed by atoms with E-state index in [9.17, 15) is 9.59 Å². The van der Waals surface area contributed by atoms with E-state index in [1.54, 1.807) is 36.4 Å². The zero-order valence-electron chi connectivity index (χ0n) is 13.7. The van der Waals surface area contributed by atoms with Gasteiger partial charge >= 0.3 is 5.97 Å². The lowest BCUT2D eigenvalue weighted by molar-refractivity contribution is 0.0600. The topological polar surface area (TPSA) is 61.8 Å². The second-order valence-electron chi connectivity index (χ2n) is 5.31. The normalized spacial score (nSPS) is 14.0. The fourth-order valence-electron chi connectivity index (χ4n) is 2.40. The largest absolute Gasteiger partial charge is 0.490 e. The number of carbonyl (C=O) groups excluding carboxylic acids is 2. The molecule has 1 heterocycles. The van der Waals surface area contributed by atoms with Crippen molar-refractivity contribution in [2.45, 2.75) is 0 Å². The van der Waals surface area contributed by atoms with Crippen molar-refractivity contribution in [3.8, 4) is 11.5 Å². The van der Waals surface area contributed by atoms with Crippen LogP contribution in [0.25, 0.3) is 6.08 Å². The average molecular weight is 336 g/mol. The molecule has 3 rings (SSSR count). The fraction of sp³-hybridized carbons (Fsp3) is 0.100. The maximum absolute atomic E-state index is 12.5. The van der Waals surface area contributed by atoms with E-state index in [1.807, 2.05) is 12.1 Å². The highest BCUT2D eigenvalue weighted by atomic mass is 16.5. The van der Waals surface area contributed by atoms with Crippen molar-refractivity contribution in [2.75, 3.05) is 13.7 Å². The van der Waals surface area contributed by atoms with Crippen LogP contribution in [0, 0.1) is 0 Å². The molecule has 25 heavy (non-hydrogen) atoms. The van der Waals surface area contributed by atoms with Crippen LogP contribution in [0.5, 0.6) is 11.5 Å². The van der Waals surface area contributed by atoms with Crippen molar-refractivity contribution in [1.82, 2.24) is 0 Å². The number of hydrogen-bond donors (Lipinski definition) is 0. The van der Waals surface area contributed by atoms with Crippen LogP contribution in [0.1, 0.15) is 26.3 Å². The Hall–Kier alpha value is -3.34. The molecule has 5 nitrogen and oxygen atoms in total. The molecule has 0 aliphatic carbocycles. The summed E-state index contributed by atoms with van der Waals surface area (Å²) in [6.45, 7) is 4.03. The number of rotatable bonds is 5. The van der Waals surface area contributed by atoms with Crippen LogP contribution in [0.15, 0.2) is 60.9 Å². The maximum Gasteiger partial charge on any atom is 0.337 e. The summed E-state index contributed by atoms with van der Waals surface area (Å²) >= 11 is 0. The average Bonchev–Trinajstić information content (AvgIpc) is 2.95. The first-order chi connectivity index (χ1) is 12.1. The Morgan fingerprint density at radius 2 is 1.96 bits per heavy atom. The Morgan fingerprint density at radius 1 is 1.20 bits per heavy atom. The van der Waals surface area contributed by atoms with Crippen LogP contribution in [-0.4, -0.2) is 25.5 Å². The monoisotopic (exact) mass is 336 g/mol. The molecule has 1 aliphatic heterocycles. The lowest BCUT2D eigenvalue weighted by Crippen LogP contribution is -2.02. The number of Topliss-reactive ketones (excluding diaryl/α,β-unsaturated/α-hetero) is 1. The zero-order valence-corrected chi connectivity index (χ0v) is 13.7. The summed E-state index contributed by atoms with van der Waals surface area (Å²) < 4.78 is 15.7. The molecule has 0 atom stereocenters. The van der Waals surface area contributed by atoms with Crippen LogP contribution >= 0.6 is 0 Å². The van der Waals surface area contributed by atoms with Crippen LogP contribution in [0.3, 0.4) is 0 Å². The number of methoxy groups -OCH3 is 1. The van der Waals surface area contributed by atoms with Crippen molar-refractivity contribution in [3.63, 3.8) is 0 Å². The van der Waals surface area contributed by atoms with Crippen LogP contribution < -0.4 is 9.47 Å². The van der Waals surface area contributed by atoms with E-state index >= 15 is 0 Å². The fourth-order valence-corrected chi connectivity index (χ4v) is 2.40. The van der Waals surface area contributed by atoms with Gasteiger partial charge in [-0.25, -0.2) is 4.79 Å². The molecule has 5 heteroatoms. The standard InChI is InChI=1S/C20H16O5/c1-3-10-24-15-7-4-13(5-8-15)11-18-19(21)16-12-14(20(22)23-2)6-9-17(16)25-18/h3-9,11-12H,1,10H2,2H3/b18-11-. The van der Waals surface area contributed by atoms with Gasteiger partial charge in [-0.15, -0.1) is 0 Å². The third kappa shape index (κ3) is 3.45. The Balaban J connectivity index is 1.82. The first-order valence-corrected chi connectivity index (χ1v) is 7.62. The number of hydrogen-bond acceptors (Lipinski definition) is 5. The second kappa shape index (κ2) is 7.05. The molecule has 2 aromatic carbocycles. The minimum absolute atomic E-state index is 0.205. The van der Waals surface area contributed by atoms with Gasteiger partial charge in [0.05, 0.1) is 18.2 Å². The van der Waals surface area contributed by atoms with Crippen molar-refractivity contribution < 1.29 is 23.8 Å². The molecule has 2 aromatic rings. The SMILES string of the molecule is C=CCOc1ccc(/C=C2\Oc3ccc(C(=O)OC)cc3C2=O)cc1. The molecule has 1 aliphatic rings. The summed E-state index contributed by atoms with van der Waals surface area (Å²) in [5, 5.41) is 0. The Bertz CT molecular complexity index is 862. The first-order valence-electron chi connectivity index (χ1n) is 7.62. The summed E-state index contributed by atoms with van der Waals surface area (Å²) in [4.78, 5) is 24.1. The van der Waals surface area contributed by atoms with E-state index < -0.39 is 5.97 Å². The third-order valence-corrected chi connectivity index (χ3v) is 3.63. The summed E-state index contributed by atoms with van der Waals surface area (Å²) in [5.41, 5.74) is 1.46. The number of benzene rings is 2. The van der Waals surface area contributed by atoms with Gasteiger partial charge in [0.15, 0.2) is 5.76 Å². The van der Waals surface area contributed by atoms with Gasteiger partial charge in [0.25, 0.3) is 0 Å². The lowest BCUT2D eigenvalue weighted by Gasteiger charge is -2.03. The molecular weight excluding hydrogens is 320 g/mol. The van der Waals surface area contributed by atoms with Crippen LogP contribution in [0.2, 0.25) is 0 Å². The minimum atomic E-state index is -0.497. The van der Waals surface area contributed by atoms with Gasteiger partial charge in [0, 0.05) is 0 Å². The molecule has 0 fully saturated rings. The number of ether oxygens (including phenoxy) is 3. The molecule has 126 valence electrons. The molecular formula is C20H16O5. The second-order valence-corrected chi connectivity index (χ2v) is 5.31. The van der Waals surface area contributed by atoms with E-state index in [0.29, 0.717) is 29.2 Å². The predicted molar refractivity (Wildman–Crippen MR) is 92.9 cm³/mol. The van der Waals surface area contributed by atoms with Crippen LogP contribution in [-0.2, 0) is 4.74 Å². The predicted octanol–water partition coefficient (Wildman–Crippen LogP) is 3.65. The summed E-state index contributed by atoms with van der Waals surface area (Å²) in [7, 11) is 1.29. The van der Waals surface area contributed by atoms with Crippen molar-refractivity contribution in [1.29, 1.82) is 0 Å². The Labute approximate surface area is 145 Å². The number of ketones is 1. The summed E-state index contributed by atoms with van der Waals surface area (Å²) in [5.74, 6) is 0.578. The number of esters is 1. The smallest absolute Gasteiger partial charge is 0.337 e. The number of fused-ring (bicyclic) bond motifs is 1. The van der Waals surface area contributed by atoms with Gasteiger partial charge in [0.2, 0.25) is 5.78 Å². The van der Waals surface area contributed by atoms with Gasteiger partial charge in [0.1, 0.15) is 18.1 Å². The molecule has 0 unspecified atom stereocenters. The van der Waals surface area contributed by atoms with E-state index in [0.717, 1.165) is 5.56 Å². The highest BCUT2D eigenvalue weighted by molar-refractivity contribution is 6.15. The van der Waals surface area contributed by atoms with Crippen molar-refractivity contribution in [3.05, 3.63) is 77.6 Å². The van der Waals surface area contributed by atoms with E-state index in [-0.39, 0.29) is 11.5 Å². The molecule has 0 radical (unpaired) electrons. The lowest BCUT2D eigenvalue weighted by atomic mass is 10.1. The molecule has 0 spiro atoms. The van der Waals surface area contributed by atoms with Gasteiger partial charge in [-0.05, 0) is 42.0 Å². The molecule has 0 saturated carbocycles. The highest BCUT2D eigenvalue weighted by Gasteiger charge is 2.28. The van der Waals surface area contributed by atoms with E-state index in [2.05, 4.69) is 11.3 Å². The molecule has 0 amide bonds. The maximum atomic E-state index is 12.5. The van der Waals surface area contributed by atoms with E-state index in [1.165, 1.54) is 13.2 Å². The van der Waals surface area contributed by atoms with Crippen LogP contribution in [0.4, 0.5) is 0 Å². The van der Waals surface area contributed by atoms with Gasteiger partial charge < -0.3 is 14.2 Å². The summed E-state index contributed by atoms with van der Waals surface area (Å²) in [6, 6.07) is 11.9. The zero-order chi connectivity index (χ0) is 17.8. The molecule has 0 saturated heterocycles. The van der Waals surface area contributed by atoms with Gasteiger partial charge in [-0.1, -0.05) is 24.8 Å². The Kier molecular flexibility index (Phi) is 4.66. The third-order valence-electron chi connectivity index (χ3n) is 3.63. The highest BCUT2D eigenvalue weighted by Crippen LogP contribution is 2.32. The quantitative estimate of drug-likeness (QED) is 0.474. The van der Waals surface area contributed by atoms with Gasteiger partial charge in [-0.2, -0.15) is 0 Å². The number of carbonyl (C=O) groups is 2. The summed E-state index contributed by atoms with van der Waals surface area (Å²) in [6.07, 6.45) is 3.32. The molecule has 0 bridgehead atoms. The van der Waals surface area contributed by atoms with E-state index in [4.69, 9.17) is 9.47 Å². The minimum Gasteiger partial charge on any atom is -0.490 e. The molecule has 0 N–H and O–H groups in total. The van der Waals surface area contributed by atoms with Gasteiger partial charge in [-0.3, -0.25) is 4.79 Å². The van der Waals surface area contributed by atoms with Crippen molar-refractivity contribution >= 4 is 17.8 Å². The molecule has 0 aromatic heterocycles. The first kappa shape index (κ1) is 16.5. The number of allylic oxidation sites excluding steroid dienone is 1. The Morgan fingerprint density at radius 3 is 2.64 bits per heavy atom.